The van der Waals surface area contributed by atoms with E-state index in [2.05, 4.69) is 52.0 Å². The predicted octanol–water partition coefficient (Wildman–Crippen LogP) is 3.07. The maximum Gasteiger partial charge on any atom is 0.215 e. The van der Waals surface area contributed by atoms with Crippen molar-refractivity contribution < 1.29 is 16.8 Å². The first kappa shape index (κ1) is 42.2. The van der Waals surface area contributed by atoms with Crippen LogP contribution >= 0.6 is 0 Å². The van der Waals surface area contributed by atoms with Gasteiger partial charge in [0.05, 0.1) is 59.8 Å². The van der Waals surface area contributed by atoms with E-state index >= 15 is 0 Å². The highest BCUT2D eigenvalue weighted by atomic mass is 32.2. The fourth-order valence-electron chi connectivity index (χ4n) is 15.8. The molecule has 14 nitrogen and oxygen atoms in total. The van der Waals surface area contributed by atoms with Gasteiger partial charge in [0.2, 0.25) is 20.0 Å². The van der Waals surface area contributed by atoms with Crippen molar-refractivity contribution in [1.82, 2.24) is 52.0 Å². The van der Waals surface area contributed by atoms with E-state index in [0.29, 0.717) is 36.5 Å². The molecular weight excluding hydrogens is 797 g/mol. The molecule has 60 heavy (non-hydrogen) atoms. The van der Waals surface area contributed by atoms with E-state index in [-0.39, 0.29) is 85.1 Å². The molecule has 6 saturated carbocycles. The number of hydrogen-bond donors (Lipinski definition) is 10. The molecule has 0 aromatic carbocycles. The minimum Gasteiger partial charge on any atom is -0.286 e. The third kappa shape index (κ3) is 8.00. The second-order valence-corrected chi connectivity index (χ2v) is 25.7. The van der Waals surface area contributed by atoms with Crippen LogP contribution in [0.5, 0.6) is 0 Å². The van der Waals surface area contributed by atoms with Gasteiger partial charge in [0.1, 0.15) is 0 Å². The van der Waals surface area contributed by atoms with Gasteiger partial charge in [-0.1, -0.05) is 77.0 Å². The Morgan fingerprint density at radius 1 is 0.283 bits per heavy atom. The molecular formula is C44H78N10O4S2. The van der Waals surface area contributed by atoms with Gasteiger partial charge in [0.15, 0.2) is 0 Å². The van der Waals surface area contributed by atoms with Gasteiger partial charge < -0.3 is 0 Å². The standard InChI is InChI=1S/C44H78N10O4S2/c55-59(56,53-25-13-3-1-4-14-25)33-23-11-21-31-35(33)43-49-39-29-19-9-7-17-27(29)38(45-39)48-42-32-22-12-24-34(60(57,58)54-26-15-5-2-6-16-26)36(32)44(52-42)50-40-30-20-10-8-18-28(30)37(46-40)47-41(31)51-43/h25-54H,1-24H2. The van der Waals surface area contributed by atoms with Gasteiger partial charge >= 0.3 is 0 Å². The van der Waals surface area contributed by atoms with Gasteiger partial charge in [-0.05, 0) is 113 Å². The van der Waals surface area contributed by atoms with E-state index in [4.69, 9.17) is 0 Å². The SMILES string of the molecule is O=S(=O)(NC1CCCCC1)C1CCCC2C3NC4NC(NC5NC(NC6NC(NC(N3)C21)C1CCCCC61)C1CCCC(S(=O)(=O)NC2CCCCC2)C51)C1CCCCC41. The Bertz CT molecular complexity index is 1610. The van der Waals surface area contributed by atoms with E-state index < -0.39 is 30.5 Å². The summed E-state index contributed by atoms with van der Waals surface area (Å²) < 4.78 is 64.8. The summed E-state index contributed by atoms with van der Waals surface area (Å²) >= 11 is 0. The van der Waals surface area contributed by atoms with Crippen molar-refractivity contribution in [2.75, 3.05) is 0 Å². The molecule has 5 saturated heterocycles. The van der Waals surface area contributed by atoms with Crippen molar-refractivity contribution in [3.8, 4) is 0 Å². The van der Waals surface area contributed by atoms with E-state index in [0.717, 1.165) is 103 Å². The smallest absolute Gasteiger partial charge is 0.215 e. The van der Waals surface area contributed by atoms with Crippen LogP contribution in [0.1, 0.15) is 154 Å². The fourth-order valence-corrected chi connectivity index (χ4v) is 20.1. The first-order valence-corrected chi connectivity index (χ1v) is 28.4. The van der Waals surface area contributed by atoms with Crippen molar-refractivity contribution in [1.29, 1.82) is 0 Å². The molecule has 6 aliphatic carbocycles. The van der Waals surface area contributed by atoms with Crippen molar-refractivity contribution >= 4 is 20.0 Å². The second-order valence-electron chi connectivity index (χ2n) is 21.8. The zero-order valence-corrected chi connectivity index (χ0v) is 37.6. The molecule has 0 amide bonds. The number of sulfonamides is 2. The monoisotopic (exact) mass is 875 g/mol. The third-order valence-electron chi connectivity index (χ3n) is 18.5. The summed E-state index contributed by atoms with van der Waals surface area (Å²) in [7, 11) is -7.07. The number of rotatable bonds is 6. The molecule has 10 N–H and O–H groups in total. The van der Waals surface area contributed by atoms with Crippen LogP contribution in [0.15, 0.2) is 0 Å². The lowest BCUT2D eigenvalue weighted by Gasteiger charge is -2.39. The molecule has 0 aromatic heterocycles. The summed E-state index contributed by atoms with van der Waals surface area (Å²) in [4.78, 5) is 0. The van der Waals surface area contributed by atoms with Crippen LogP contribution in [0.2, 0.25) is 0 Å². The summed E-state index contributed by atoms with van der Waals surface area (Å²) in [5.74, 6) is 2.06. The zero-order valence-electron chi connectivity index (χ0n) is 36.0. The Kier molecular flexibility index (Phi) is 12.2. The topological polar surface area (TPSA) is 189 Å². The molecule has 5 heterocycles. The number of nitrogens with one attached hydrogen (secondary N) is 10. The van der Waals surface area contributed by atoms with E-state index in [1.165, 1.54) is 38.5 Å². The van der Waals surface area contributed by atoms with E-state index in [1.807, 2.05) is 0 Å². The highest BCUT2D eigenvalue weighted by Gasteiger charge is 2.59. The molecule has 11 aliphatic rings. The molecule has 18 unspecified atom stereocenters. The lowest BCUT2D eigenvalue weighted by molar-refractivity contribution is 0.168. The molecule has 11 rings (SSSR count). The Morgan fingerprint density at radius 2 is 0.550 bits per heavy atom. The van der Waals surface area contributed by atoms with Crippen molar-refractivity contribution in [3.63, 3.8) is 0 Å². The van der Waals surface area contributed by atoms with Crippen molar-refractivity contribution in [3.05, 3.63) is 0 Å². The lowest BCUT2D eigenvalue weighted by atomic mass is 9.76. The average molecular weight is 875 g/mol. The third-order valence-corrected chi connectivity index (χ3v) is 22.5. The summed E-state index contributed by atoms with van der Waals surface area (Å²) in [6, 6.07) is 0.123. The molecule has 18 atom stereocenters. The van der Waals surface area contributed by atoms with Gasteiger partial charge in [-0.15, -0.1) is 0 Å². The first-order valence-electron chi connectivity index (χ1n) is 25.3. The van der Waals surface area contributed by atoms with Gasteiger partial charge in [-0.3, -0.25) is 42.5 Å². The minimum atomic E-state index is -3.53. The summed E-state index contributed by atoms with van der Waals surface area (Å²) in [6.07, 6.45) is 25.4. The molecule has 5 aliphatic heterocycles. The molecule has 11 fully saturated rings. The predicted molar refractivity (Wildman–Crippen MR) is 233 cm³/mol. The van der Waals surface area contributed by atoms with Crippen LogP contribution in [0.3, 0.4) is 0 Å². The zero-order chi connectivity index (χ0) is 40.6. The Morgan fingerprint density at radius 3 is 0.883 bits per heavy atom. The summed E-state index contributed by atoms with van der Waals surface area (Å²) in [5.41, 5.74) is 0. The number of hydrogen-bond acceptors (Lipinski definition) is 12. The molecule has 16 heteroatoms. The minimum absolute atomic E-state index is 0.0125. The van der Waals surface area contributed by atoms with Crippen LogP contribution in [0.25, 0.3) is 0 Å². The van der Waals surface area contributed by atoms with Crippen LogP contribution in [0, 0.1) is 47.3 Å². The number of fused-ring (bicyclic) bond motifs is 20. The lowest BCUT2D eigenvalue weighted by Crippen LogP contribution is -2.62. The Hall–Kier alpha value is -0.500. The van der Waals surface area contributed by atoms with Gasteiger partial charge in [-0.25, -0.2) is 26.3 Å². The summed E-state index contributed by atoms with van der Waals surface area (Å²) in [6.45, 7) is 0. The molecule has 340 valence electrons. The van der Waals surface area contributed by atoms with Crippen LogP contribution in [0.4, 0.5) is 0 Å². The average Bonchev–Trinajstić information content (AvgIpc) is 4.00. The molecule has 8 bridgehead atoms. The molecule has 0 aromatic rings. The first-order chi connectivity index (χ1) is 29.2. The van der Waals surface area contributed by atoms with Gasteiger partial charge in [0.25, 0.3) is 0 Å². The quantitative estimate of drug-likeness (QED) is 0.188. The molecule has 0 spiro atoms. The highest BCUT2D eigenvalue weighted by Crippen LogP contribution is 2.47. The normalized spacial score (nSPS) is 49.1. The van der Waals surface area contributed by atoms with E-state index in [1.54, 1.807) is 0 Å². The van der Waals surface area contributed by atoms with Crippen LogP contribution in [-0.2, 0) is 20.0 Å². The van der Waals surface area contributed by atoms with Crippen molar-refractivity contribution in [2.45, 2.75) is 226 Å². The second kappa shape index (κ2) is 17.4. The maximum atomic E-state index is 14.6. The Labute approximate surface area is 360 Å². The Balaban J connectivity index is 0.924. The van der Waals surface area contributed by atoms with Crippen LogP contribution < -0.4 is 52.0 Å². The summed E-state index contributed by atoms with van der Waals surface area (Å²) in [5, 5.41) is 32.2. The fraction of sp³-hybridized carbons (Fsp3) is 1.00. The molecule has 0 radical (unpaired) electrons. The van der Waals surface area contributed by atoms with Crippen LogP contribution in [-0.4, -0.2) is 88.7 Å². The maximum absolute atomic E-state index is 14.6. The highest BCUT2D eigenvalue weighted by molar-refractivity contribution is 7.90. The largest absolute Gasteiger partial charge is 0.286 e. The van der Waals surface area contributed by atoms with Crippen molar-refractivity contribution in [2.24, 2.45) is 47.3 Å². The van der Waals surface area contributed by atoms with E-state index in [9.17, 15) is 16.8 Å². The van der Waals surface area contributed by atoms with Gasteiger partial charge in [0, 0.05) is 23.9 Å². The van der Waals surface area contributed by atoms with Gasteiger partial charge in [-0.2, -0.15) is 0 Å².